The van der Waals surface area contributed by atoms with Gasteiger partial charge in [0, 0.05) is 6.92 Å². The predicted octanol–water partition coefficient (Wildman–Crippen LogP) is 1.07. The highest BCUT2D eigenvalue weighted by Gasteiger charge is 2.28. The lowest BCUT2D eigenvalue weighted by Crippen LogP contribution is -2.41. The van der Waals surface area contributed by atoms with Crippen molar-refractivity contribution in [2.75, 3.05) is 17.2 Å². The number of hydrogen-bond donors (Lipinski definition) is 1. The summed E-state index contributed by atoms with van der Waals surface area (Å²) in [6.45, 7) is 3.55. The van der Waals surface area contributed by atoms with E-state index in [0.29, 0.717) is 18.0 Å². The molecule has 1 amide bonds. The van der Waals surface area contributed by atoms with Gasteiger partial charge >= 0.3 is 5.97 Å². The van der Waals surface area contributed by atoms with E-state index in [-0.39, 0.29) is 16.9 Å². The van der Waals surface area contributed by atoms with Crippen molar-refractivity contribution < 1.29 is 27.9 Å². The van der Waals surface area contributed by atoms with Crippen molar-refractivity contribution in [3.8, 4) is 5.75 Å². The SMILES string of the molecule is CC(=O)N1CC(C)Oc2ccc(S(=O)(=O)CCC(=O)O)cc21. The molecule has 120 valence electrons. The van der Waals surface area contributed by atoms with E-state index in [1.807, 2.05) is 6.92 Å². The second kappa shape index (κ2) is 5.96. The van der Waals surface area contributed by atoms with Gasteiger partial charge in [-0.1, -0.05) is 0 Å². The minimum Gasteiger partial charge on any atom is -0.487 e. The normalized spacial score (nSPS) is 17.5. The van der Waals surface area contributed by atoms with Crippen molar-refractivity contribution in [2.24, 2.45) is 0 Å². The molecule has 1 aliphatic rings. The second-order valence-corrected chi connectivity index (χ2v) is 7.26. The number of rotatable bonds is 4. The van der Waals surface area contributed by atoms with Crippen molar-refractivity contribution in [3.05, 3.63) is 18.2 Å². The molecule has 0 saturated carbocycles. The van der Waals surface area contributed by atoms with Crippen LogP contribution >= 0.6 is 0 Å². The van der Waals surface area contributed by atoms with Crippen LogP contribution in [0.15, 0.2) is 23.1 Å². The first-order valence-corrected chi connectivity index (χ1v) is 8.39. The highest BCUT2D eigenvalue weighted by molar-refractivity contribution is 7.91. The van der Waals surface area contributed by atoms with Crippen LogP contribution < -0.4 is 9.64 Å². The third-order valence-electron chi connectivity index (χ3n) is 3.31. The molecule has 1 heterocycles. The monoisotopic (exact) mass is 327 g/mol. The van der Waals surface area contributed by atoms with Gasteiger partial charge in [0.25, 0.3) is 0 Å². The molecule has 1 aromatic rings. The highest BCUT2D eigenvalue weighted by Crippen LogP contribution is 2.35. The number of fused-ring (bicyclic) bond motifs is 1. The molecule has 8 heteroatoms. The minimum atomic E-state index is -3.73. The van der Waals surface area contributed by atoms with Crippen LogP contribution in [0.5, 0.6) is 5.75 Å². The zero-order chi connectivity index (χ0) is 16.5. The molecule has 0 bridgehead atoms. The van der Waals surface area contributed by atoms with E-state index in [4.69, 9.17) is 9.84 Å². The van der Waals surface area contributed by atoms with Gasteiger partial charge in [0.15, 0.2) is 9.84 Å². The molecule has 1 aromatic carbocycles. The number of sulfone groups is 1. The van der Waals surface area contributed by atoms with Gasteiger partial charge in [0.1, 0.15) is 11.9 Å². The number of carbonyl (C=O) groups excluding carboxylic acids is 1. The highest BCUT2D eigenvalue weighted by atomic mass is 32.2. The molecule has 0 saturated heterocycles. The molecule has 0 radical (unpaired) electrons. The summed E-state index contributed by atoms with van der Waals surface area (Å²) in [4.78, 5) is 23.7. The minimum absolute atomic E-state index is 0.0168. The Balaban J connectivity index is 2.40. The summed E-state index contributed by atoms with van der Waals surface area (Å²) in [7, 11) is -3.73. The number of benzene rings is 1. The van der Waals surface area contributed by atoms with Crippen LogP contribution in [0.4, 0.5) is 5.69 Å². The molecule has 0 fully saturated rings. The first-order valence-electron chi connectivity index (χ1n) is 6.74. The number of amides is 1. The van der Waals surface area contributed by atoms with Gasteiger partial charge in [0.05, 0.1) is 29.3 Å². The summed E-state index contributed by atoms with van der Waals surface area (Å²) in [5, 5.41) is 8.62. The number of carboxylic acid groups (broad SMARTS) is 1. The van der Waals surface area contributed by atoms with Gasteiger partial charge in [-0.2, -0.15) is 0 Å². The maximum Gasteiger partial charge on any atom is 0.304 e. The fourth-order valence-electron chi connectivity index (χ4n) is 2.25. The molecular formula is C14H17NO6S. The number of hydrogen-bond acceptors (Lipinski definition) is 5. The number of aliphatic carboxylic acids is 1. The summed E-state index contributed by atoms with van der Waals surface area (Å²) >= 11 is 0. The van der Waals surface area contributed by atoms with Crippen molar-refractivity contribution in [1.29, 1.82) is 0 Å². The summed E-state index contributed by atoms with van der Waals surface area (Å²) in [6, 6.07) is 4.22. The Bertz CT molecular complexity index is 712. The zero-order valence-corrected chi connectivity index (χ0v) is 13.1. The van der Waals surface area contributed by atoms with E-state index in [9.17, 15) is 18.0 Å². The Kier molecular flexibility index (Phi) is 4.41. The number of anilines is 1. The lowest BCUT2D eigenvalue weighted by Gasteiger charge is -2.33. The number of nitrogens with zero attached hydrogens (tertiary/aromatic N) is 1. The molecule has 22 heavy (non-hydrogen) atoms. The largest absolute Gasteiger partial charge is 0.487 e. The molecule has 2 rings (SSSR count). The van der Waals surface area contributed by atoms with Crippen LogP contribution in [0.25, 0.3) is 0 Å². The van der Waals surface area contributed by atoms with Crippen LogP contribution in [0.3, 0.4) is 0 Å². The Morgan fingerprint density at radius 1 is 1.41 bits per heavy atom. The van der Waals surface area contributed by atoms with Gasteiger partial charge < -0.3 is 14.7 Å². The molecule has 0 aliphatic carbocycles. The molecular weight excluding hydrogens is 310 g/mol. The smallest absolute Gasteiger partial charge is 0.304 e. The van der Waals surface area contributed by atoms with Crippen LogP contribution in [-0.4, -0.2) is 43.8 Å². The molecule has 1 atom stereocenters. The number of carbonyl (C=O) groups is 2. The maximum atomic E-state index is 12.2. The molecule has 1 aliphatic heterocycles. The third kappa shape index (κ3) is 3.38. The quantitative estimate of drug-likeness (QED) is 0.887. The maximum absolute atomic E-state index is 12.2. The topological polar surface area (TPSA) is 101 Å². The standard InChI is InChI=1S/C14H17NO6S/c1-9-8-15(10(2)16)12-7-11(3-4-13(12)21-9)22(19,20)6-5-14(17)18/h3-4,7,9H,5-6,8H2,1-2H3,(H,17,18). The fraction of sp³-hybridized carbons (Fsp3) is 0.429. The molecule has 1 unspecified atom stereocenters. The summed E-state index contributed by atoms with van der Waals surface area (Å²) in [5.41, 5.74) is 0.391. The predicted molar refractivity (Wildman–Crippen MR) is 78.9 cm³/mol. The van der Waals surface area contributed by atoms with Crippen molar-refractivity contribution in [1.82, 2.24) is 0 Å². The second-order valence-electron chi connectivity index (χ2n) is 5.15. The van der Waals surface area contributed by atoms with Crippen LogP contribution in [-0.2, 0) is 19.4 Å². The van der Waals surface area contributed by atoms with E-state index >= 15 is 0 Å². The van der Waals surface area contributed by atoms with Gasteiger partial charge in [-0.25, -0.2) is 8.42 Å². The summed E-state index contributed by atoms with van der Waals surface area (Å²) in [6.07, 6.45) is -0.658. The molecule has 0 aromatic heterocycles. The van der Waals surface area contributed by atoms with Crippen LogP contribution in [0, 0.1) is 0 Å². The molecule has 0 spiro atoms. The van der Waals surface area contributed by atoms with Crippen molar-refractivity contribution in [3.63, 3.8) is 0 Å². The number of carboxylic acids is 1. The lowest BCUT2D eigenvalue weighted by atomic mass is 10.2. The number of ether oxygens (including phenoxy) is 1. The average molecular weight is 327 g/mol. The summed E-state index contributed by atoms with van der Waals surface area (Å²) in [5.74, 6) is -1.44. The summed E-state index contributed by atoms with van der Waals surface area (Å²) < 4.78 is 29.9. The van der Waals surface area contributed by atoms with E-state index in [1.165, 1.54) is 30.0 Å². The Morgan fingerprint density at radius 3 is 2.68 bits per heavy atom. The van der Waals surface area contributed by atoms with E-state index < -0.39 is 28.0 Å². The fourth-order valence-corrected chi connectivity index (χ4v) is 3.49. The van der Waals surface area contributed by atoms with Gasteiger partial charge in [-0.05, 0) is 25.1 Å². The van der Waals surface area contributed by atoms with E-state index in [0.717, 1.165) is 0 Å². The zero-order valence-electron chi connectivity index (χ0n) is 12.3. The van der Waals surface area contributed by atoms with Crippen molar-refractivity contribution in [2.45, 2.75) is 31.3 Å². The van der Waals surface area contributed by atoms with Gasteiger partial charge in [-0.15, -0.1) is 0 Å². The first-order chi connectivity index (χ1) is 10.2. The molecule has 7 nitrogen and oxygen atoms in total. The third-order valence-corrected chi connectivity index (χ3v) is 5.03. The van der Waals surface area contributed by atoms with E-state index in [1.54, 1.807) is 0 Å². The lowest BCUT2D eigenvalue weighted by molar-refractivity contribution is -0.136. The average Bonchev–Trinajstić information content (AvgIpc) is 2.43. The van der Waals surface area contributed by atoms with Crippen LogP contribution in [0.1, 0.15) is 20.3 Å². The first kappa shape index (κ1) is 16.3. The Hall–Kier alpha value is -2.09. The van der Waals surface area contributed by atoms with Gasteiger partial charge in [-0.3, -0.25) is 9.59 Å². The van der Waals surface area contributed by atoms with E-state index in [2.05, 4.69) is 0 Å². The Morgan fingerprint density at radius 2 is 2.09 bits per heavy atom. The van der Waals surface area contributed by atoms with Crippen molar-refractivity contribution >= 4 is 27.4 Å². The molecule has 1 N–H and O–H groups in total. The Labute approximate surface area is 128 Å². The van der Waals surface area contributed by atoms with Gasteiger partial charge in [0.2, 0.25) is 5.91 Å². The van der Waals surface area contributed by atoms with Crippen LogP contribution in [0.2, 0.25) is 0 Å².